The Balaban J connectivity index is 1.91. The lowest BCUT2D eigenvalue weighted by Crippen LogP contribution is -2.25. The SMILES string of the molecule is NC1CCCc2nc(Cc3ccccc3C(F)(F)F)nn21. The first-order chi connectivity index (χ1) is 9.95. The highest BCUT2D eigenvalue weighted by atomic mass is 19.4. The van der Waals surface area contributed by atoms with Gasteiger partial charge in [0, 0.05) is 12.8 Å². The lowest BCUT2D eigenvalue weighted by atomic mass is 10.0. The minimum Gasteiger partial charge on any atom is -0.310 e. The second kappa shape index (κ2) is 5.14. The third-order valence-corrected chi connectivity index (χ3v) is 3.63. The van der Waals surface area contributed by atoms with Gasteiger partial charge >= 0.3 is 6.18 Å². The molecule has 0 radical (unpaired) electrons. The number of nitrogens with zero attached hydrogens (tertiary/aromatic N) is 3. The van der Waals surface area contributed by atoms with Crippen molar-refractivity contribution in [2.75, 3.05) is 0 Å². The fourth-order valence-corrected chi connectivity index (χ4v) is 2.63. The Hall–Kier alpha value is -1.89. The average molecular weight is 296 g/mol. The highest BCUT2D eigenvalue weighted by molar-refractivity contribution is 5.31. The number of fused-ring (bicyclic) bond motifs is 1. The molecule has 2 aromatic rings. The highest BCUT2D eigenvalue weighted by Gasteiger charge is 2.33. The third-order valence-electron chi connectivity index (χ3n) is 3.63. The van der Waals surface area contributed by atoms with Crippen LogP contribution < -0.4 is 5.73 Å². The second-order valence-corrected chi connectivity index (χ2v) is 5.18. The molecule has 7 heteroatoms. The number of halogens is 3. The first-order valence-corrected chi connectivity index (χ1v) is 6.80. The van der Waals surface area contributed by atoms with Crippen LogP contribution in [0, 0.1) is 0 Å². The zero-order valence-corrected chi connectivity index (χ0v) is 11.3. The number of hydrogen-bond donors (Lipinski definition) is 1. The van der Waals surface area contributed by atoms with E-state index in [0.717, 1.165) is 31.2 Å². The first-order valence-electron chi connectivity index (χ1n) is 6.80. The smallest absolute Gasteiger partial charge is 0.310 e. The molecule has 2 heterocycles. The molecular weight excluding hydrogens is 281 g/mol. The van der Waals surface area contributed by atoms with Crippen molar-refractivity contribution in [3.05, 3.63) is 47.0 Å². The number of nitrogens with two attached hydrogens (primary N) is 1. The molecule has 2 N–H and O–H groups in total. The summed E-state index contributed by atoms with van der Waals surface area (Å²) in [6.07, 6.45) is -2.03. The maximum atomic E-state index is 13.0. The van der Waals surface area contributed by atoms with Crippen LogP contribution >= 0.6 is 0 Å². The minimum absolute atomic E-state index is 0.0579. The Morgan fingerprint density at radius 2 is 2.05 bits per heavy atom. The summed E-state index contributed by atoms with van der Waals surface area (Å²) in [7, 11) is 0. The van der Waals surface area contributed by atoms with E-state index in [1.807, 2.05) is 0 Å². The molecule has 0 amide bonds. The summed E-state index contributed by atoms with van der Waals surface area (Å²) in [6.45, 7) is 0. The van der Waals surface area contributed by atoms with Gasteiger partial charge in [0.1, 0.15) is 12.0 Å². The molecule has 1 aliphatic heterocycles. The summed E-state index contributed by atoms with van der Waals surface area (Å²) >= 11 is 0. The Kier molecular flexibility index (Phi) is 3.44. The molecule has 1 aromatic carbocycles. The van der Waals surface area contributed by atoms with E-state index in [2.05, 4.69) is 10.1 Å². The topological polar surface area (TPSA) is 56.7 Å². The van der Waals surface area contributed by atoms with Gasteiger partial charge < -0.3 is 5.73 Å². The van der Waals surface area contributed by atoms with Crippen LogP contribution in [0.1, 0.15) is 41.8 Å². The summed E-state index contributed by atoms with van der Waals surface area (Å²) in [5.74, 6) is 1.15. The van der Waals surface area contributed by atoms with Crippen molar-refractivity contribution in [3.63, 3.8) is 0 Å². The molecule has 0 spiro atoms. The molecule has 21 heavy (non-hydrogen) atoms. The molecular formula is C14H15F3N4. The van der Waals surface area contributed by atoms with Crippen LogP contribution in [-0.2, 0) is 19.0 Å². The highest BCUT2D eigenvalue weighted by Crippen LogP contribution is 2.32. The molecule has 0 fully saturated rings. The Morgan fingerprint density at radius 1 is 1.29 bits per heavy atom. The maximum absolute atomic E-state index is 13.0. The molecule has 0 saturated carbocycles. The fourth-order valence-electron chi connectivity index (χ4n) is 2.63. The predicted molar refractivity (Wildman–Crippen MR) is 70.4 cm³/mol. The van der Waals surface area contributed by atoms with Gasteiger partial charge in [-0.2, -0.15) is 18.3 Å². The molecule has 1 aromatic heterocycles. The number of rotatable bonds is 2. The number of aryl methyl sites for hydroxylation is 1. The van der Waals surface area contributed by atoms with Gasteiger partial charge in [-0.25, -0.2) is 9.67 Å². The molecule has 1 unspecified atom stereocenters. The number of aromatic nitrogens is 3. The molecule has 1 atom stereocenters. The summed E-state index contributed by atoms with van der Waals surface area (Å²) in [5.41, 5.74) is 5.48. The van der Waals surface area contributed by atoms with Gasteiger partial charge in [0.05, 0.1) is 5.56 Å². The summed E-state index contributed by atoms with van der Waals surface area (Å²) in [5, 5.41) is 4.26. The van der Waals surface area contributed by atoms with E-state index in [9.17, 15) is 13.2 Å². The Labute approximate surface area is 119 Å². The lowest BCUT2D eigenvalue weighted by molar-refractivity contribution is -0.138. The Morgan fingerprint density at radius 3 is 2.76 bits per heavy atom. The second-order valence-electron chi connectivity index (χ2n) is 5.18. The number of benzene rings is 1. The van der Waals surface area contributed by atoms with E-state index in [4.69, 9.17) is 5.73 Å². The minimum atomic E-state index is -4.37. The average Bonchev–Trinajstić information content (AvgIpc) is 2.82. The van der Waals surface area contributed by atoms with E-state index < -0.39 is 11.7 Å². The maximum Gasteiger partial charge on any atom is 0.416 e. The molecule has 0 saturated heterocycles. The number of alkyl halides is 3. The summed E-state index contributed by atoms with van der Waals surface area (Å²) in [6, 6.07) is 5.51. The van der Waals surface area contributed by atoms with Crippen LogP contribution in [0.25, 0.3) is 0 Å². The molecule has 0 aliphatic carbocycles. The van der Waals surface area contributed by atoms with Crippen molar-refractivity contribution >= 4 is 0 Å². The van der Waals surface area contributed by atoms with E-state index in [-0.39, 0.29) is 18.2 Å². The fraction of sp³-hybridized carbons (Fsp3) is 0.429. The summed E-state index contributed by atoms with van der Waals surface area (Å²) in [4.78, 5) is 4.32. The zero-order valence-electron chi connectivity index (χ0n) is 11.3. The van der Waals surface area contributed by atoms with Crippen LogP contribution in [-0.4, -0.2) is 14.8 Å². The van der Waals surface area contributed by atoms with Crippen molar-refractivity contribution in [1.29, 1.82) is 0 Å². The van der Waals surface area contributed by atoms with Crippen molar-refractivity contribution in [1.82, 2.24) is 14.8 Å². The van der Waals surface area contributed by atoms with Crippen molar-refractivity contribution in [3.8, 4) is 0 Å². The predicted octanol–water partition coefficient (Wildman–Crippen LogP) is 2.68. The van der Waals surface area contributed by atoms with Crippen molar-refractivity contribution in [2.45, 2.75) is 38.0 Å². The molecule has 112 valence electrons. The van der Waals surface area contributed by atoms with Crippen LogP contribution in [0.15, 0.2) is 24.3 Å². The van der Waals surface area contributed by atoms with Gasteiger partial charge in [0.2, 0.25) is 0 Å². The largest absolute Gasteiger partial charge is 0.416 e. The normalized spacial score (nSPS) is 18.6. The Bertz CT molecular complexity index is 648. The lowest BCUT2D eigenvalue weighted by Gasteiger charge is -2.18. The van der Waals surface area contributed by atoms with E-state index in [1.54, 1.807) is 10.7 Å². The van der Waals surface area contributed by atoms with Crippen molar-refractivity contribution in [2.24, 2.45) is 5.73 Å². The van der Waals surface area contributed by atoms with Gasteiger partial charge in [-0.1, -0.05) is 18.2 Å². The van der Waals surface area contributed by atoms with Crippen LogP contribution in [0.3, 0.4) is 0 Å². The first kappa shape index (κ1) is 14.1. The quantitative estimate of drug-likeness (QED) is 0.927. The van der Waals surface area contributed by atoms with Crippen LogP contribution in [0.2, 0.25) is 0 Å². The van der Waals surface area contributed by atoms with Gasteiger partial charge in [-0.15, -0.1) is 0 Å². The summed E-state index contributed by atoms with van der Waals surface area (Å²) < 4.78 is 40.6. The van der Waals surface area contributed by atoms with E-state index in [1.165, 1.54) is 12.1 Å². The molecule has 1 aliphatic rings. The number of hydrogen-bond acceptors (Lipinski definition) is 3. The molecule has 3 rings (SSSR count). The molecule has 0 bridgehead atoms. The van der Waals surface area contributed by atoms with Gasteiger partial charge in [-0.05, 0) is 24.5 Å². The van der Waals surface area contributed by atoms with Gasteiger partial charge in [-0.3, -0.25) is 0 Å². The van der Waals surface area contributed by atoms with Gasteiger partial charge in [0.25, 0.3) is 0 Å². The van der Waals surface area contributed by atoms with Crippen LogP contribution in [0.4, 0.5) is 13.2 Å². The monoisotopic (exact) mass is 296 g/mol. The molecule has 4 nitrogen and oxygen atoms in total. The van der Waals surface area contributed by atoms with E-state index >= 15 is 0 Å². The van der Waals surface area contributed by atoms with Crippen LogP contribution in [0.5, 0.6) is 0 Å². The van der Waals surface area contributed by atoms with Crippen molar-refractivity contribution < 1.29 is 13.2 Å². The van der Waals surface area contributed by atoms with E-state index in [0.29, 0.717) is 5.82 Å². The third kappa shape index (κ3) is 2.78. The van der Waals surface area contributed by atoms with Gasteiger partial charge in [0.15, 0.2) is 5.82 Å². The zero-order chi connectivity index (χ0) is 15.0. The standard InChI is InChI=1S/C14H15F3N4/c15-14(16,17)10-5-2-1-4-9(10)8-12-19-13-7-3-6-11(18)21(13)20-12/h1-2,4-5,11H,3,6-8,18H2.